The first-order valence-electron chi connectivity index (χ1n) is 6.40. The molecule has 4 heteroatoms. The fraction of sp³-hybridized carbons (Fsp3) is 0.500. The summed E-state index contributed by atoms with van der Waals surface area (Å²) in [7, 11) is 0. The van der Waals surface area contributed by atoms with Crippen LogP contribution in [0.4, 0.5) is 5.69 Å². The number of carbonyl (C=O) groups excluding carboxylic acids is 1. The monoisotopic (exact) mass is 268 g/mol. The Hall–Kier alpha value is -1.22. The molecule has 1 aromatic carbocycles. The lowest BCUT2D eigenvalue weighted by Crippen LogP contribution is -2.16. The smallest absolute Gasteiger partial charge is 0.250 e. The number of amides is 1. The van der Waals surface area contributed by atoms with Crippen molar-refractivity contribution >= 4 is 23.2 Å². The number of primary amides is 1. The topological polar surface area (TPSA) is 55.1 Å². The van der Waals surface area contributed by atoms with Crippen LogP contribution in [0.3, 0.4) is 0 Å². The third kappa shape index (κ3) is 4.57. The molecule has 0 saturated carbocycles. The van der Waals surface area contributed by atoms with Crippen LogP contribution < -0.4 is 11.1 Å². The van der Waals surface area contributed by atoms with E-state index in [1.807, 2.05) is 6.07 Å². The van der Waals surface area contributed by atoms with E-state index in [1.165, 1.54) is 19.3 Å². The second kappa shape index (κ2) is 7.27. The van der Waals surface area contributed by atoms with Gasteiger partial charge in [-0.1, -0.05) is 37.8 Å². The minimum Gasteiger partial charge on any atom is -0.383 e. The van der Waals surface area contributed by atoms with Crippen molar-refractivity contribution in [1.29, 1.82) is 0 Å². The van der Waals surface area contributed by atoms with Crippen LogP contribution in [-0.4, -0.2) is 11.9 Å². The number of carbonyl (C=O) groups is 1. The van der Waals surface area contributed by atoms with Gasteiger partial charge in [-0.05, 0) is 31.5 Å². The van der Waals surface area contributed by atoms with Crippen molar-refractivity contribution in [2.45, 2.75) is 45.6 Å². The molecule has 0 bridgehead atoms. The summed E-state index contributed by atoms with van der Waals surface area (Å²) in [6, 6.07) is 5.65. The Bertz CT molecular complexity index is 407. The molecule has 1 atom stereocenters. The highest BCUT2D eigenvalue weighted by molar-refractivity contribution is 6.33. The lowest BCUT2D eigenvalue weighted by atomic mass is 10.1. The van der Waals surface area contributed by atoms with Gasteiger partial charge < -0.3 is 11.1 Å². The summed E-state index contributed by atoms with van der Waals surface area (Å²) < 4.78 is 0. The molecule has 1 unspecified atom stereocenters. The van der Waals surface area contributed by atoms with Crippen LogP contribution in [-0.2, 0) is 0 Å². The second-order valence-corrected chi connectivity index (χ2v) is 5.01. The van der Waals surface area contributed by atoms with Crippen LogP contribution >= 0.6 is 11.6 Å². The molecule has 1 amide bonds. The van der Waals surface area contributed by atoms with Crippen molar-refractivity contribution in [2.75, 3.05) is 5.32 Å². The molecule has 0 fully saturated rings. The number of rotatable bonds is 7. The molecular formula is C14H21ClN2O. The minimum absolute atomic E-state index is 0.363. The van der Waals surface area contributed by atoms with Gasteiger partial charge in [0.1, 0.15) is 0 Å². The van der Waals surface area contributed by atoms with Crippen molar-refractivity contribution in [3.8, 4) is 0 Å². The van der Waals surface area contributed by atoms with E-state index in [2.05, 4.69) is 19.2 Å². The summed E-state index contributed by atoms with van der Waals surface area (Å²) in [5.41, 5.74) is 6.51. The maximum atomic E-state index is 11.2. The molecule has 0 spiro atoms. The number of benzene rings is 1. The Kier molecular flexibility index (Phi) is 5.99. The van der Waals surface area contributed by atoms with Gasteiger partial charge in [0.05, 0.1) is 10.6 Å². The number of nitrogens with two attached hydrogens (primary N) is 1. The highest BCUT2D eigenvalue weighted by atomic mass is 35.5. The number of unbranched alkanes of at least 4 members (excludes halogenated alkanes) is 2. The van der Waals surface area contributed by atoms with Crippen LogP contribution in [0.1, 0.15) is 49.9 Å². The highest BCUT2D eigenvalue weighted by Crippen LogP contribution is 2.21. The Labute approximate surface area is 114 Å². The Balaban J connectivity index is 2.62. The molecular weight excluding hydrogens is 248 g/mol. The lowest BCUT2D eigenvalue weighted by Gasteiger charge is -2.15. The molecule has 0 saturated heterocycles. The van der Waals surface area contributed by atoms with Gasteiger partial charge in [0.2, 0.25) is 5.91 Å². The summed E-state index contributed by atoms with van der Waals surface area (Å²) in [5.74, 6) is -0.498. The highest BCUT2D eigenvalue weighted by Gasteiger charge is 2.08. The van der Waals surface area contributed by atoms with Crippen molar-refractivity contribution in [2.24, 2.45) is 5.73 Å². The summed E-state index contributed by atoms with van der Waals surface area (Å²) in [6.07, 6.45) is 4.79. The fourth-order valence-corrected chi connectivity index (χ4v) is 2.07. The zero-order chi connectivity index (χ0) is 13.5. The van der Waals surface area contributed by atoms with Crippen molar-refractivity contribution < 1.29 is 4.79 Å². The van der Waals surface area contributed by atoms with Crippen LogP contribution in [0, 0.1) is 0 Å². The van der Waals surface area contributed by atoms with Crippen LogP contribution in [0.5, 0.6) is 0 Å². The van der Waals surface area contributed by atoms with Crippen molar-refractivity contribution in [3.63, 3.8) is 0 Å². The van der Waals surface area contributed by atoms with E-state index < -0.39 is 5.91 Å². The van der Waals surface area contributed by atoms with E-state index in [9.17, 15) is 4.79 Å². The number of hydrogen-bond acceptors (Lipinski definition) is 2. The molecule has 0 radical (unpaired) electrons. The first-order valence-corrected chi connectivity index (χ1v) is 6.78. The molecule has 3 N–H and O–H groups in total. The van der Waals surface area contributed by atoms with Crippen molar-refractivity contribution in [1.82, 2.24) is 0 Å². The largest absolute Gasteiger partial charge is 0.383 e. The SMILES string of the molecule is CCCCCC(C)Nc1ccc(Cl)c(C(N)=O)c1. The molecule has 1 aromatic rings. The van der Waals surface area contributed by atoms with E-state index in [4.69, 9.17) is 17.3 Å². The maximum Gasteiger partial charge on any atom is 0.250 e. The number of anilines is 1. The number of hydrogen-bond donors (Lipinski definition) is 2. The molecule has 100 valence electrons. The van der Waals surface area contributed by atoms with Gasteiger partial charge in [-0.2, -0.15) is 0 Å². The Morgan fingerprint density at radius 2 is 2.17 bits per heavy atom. The molecule has 0 aliphatic rings. The molecule has 0 aliphatic heterocycles. The average molecular weight is 269 g/mol. The van der Waals surface area contributed by atoms with Gasteiger partial charge in [-0.3, -0.25) is 4.79 Å². The predicted molar refractivity (Wildman–Crippen MR) is 77.2 cm³/mol. The van der Waals surface area contributed by atoms with Gasteiger partial charge in [0.15, 0.2) is 0 Å². The van der Waals surface area contributed by atoms with E-state index in [-0.39, 0.29) is 0 Å². The third-order valence-electron chi connectivity index (χ3n) is 2.89. The number of halogens is 1. The molecule has 0 aromatic heterocycles. The molecule has 18 heavy (non-hydrogen) atoms. The van der Waals surface area contributed by atoms with E-state index in [0.717, 1.165) is 12.1 Å². The van der Waals surface area contributed by atoms with Gasteiger partial charge >= 0.3 is 0 Å². The van der Waals surface area contributed by atoms with Crippen LogP contribution in [0.2, 0.25) is 5.02 Å². The summed E-state index contributed by atoms with van der Waals surface area (Å²) in [6.45, 7) is 4.32. The van der Waals surface area contributed by atoms with Crippen LogP contribution in [0.15, 0.2) is 18.2 Å². The Morgan fingerprint density at radius 3 is 2.78 bits per heavy atom. The first-order chi connectivity index (χ1) is 8.54. The molecule has 0 heterocycles. The van der Waals surface area contributed by atoms with Gasteiger partial charge in [-0.15, -0.1) is 0 Å². The van der Waals surface area contributed by atoms with Crippen LogP contribution in [0.25, 0.3) is 0 Å². The van der Waals surface area contributed by atoms with E-state index in [1.54, 1.807) is 12.1 Å². The fourth-order valence-electron chi connectivity index (χ4n) is 1.86. The molecule has 0 aliphatic carbocycles. The van der Waals surface area contributed by atoms with E-state index in [0.29, 0.717) is 16.6 Å². The molecule has 3 nitrogen and oxygen atoms in total. The summed E-state index contributed by atoms with van der Waals surface area (Å²) in [5, 5.41) is 3.75. The first kappa shape index (κ1) is 14.8. The lowest BCUT2D eigenvalue weighted by molar-refractivity contribution is 0.100. The maximum absolute atomic E-state index is 11.2. The molecule has 1 rings (SSSR count). The third-order valence-corrected chi connectivity index (χ3v) is 3.22. The predicted octanol–water partition coefficient (Wildman–Crippen LogP) is 3.82. The van der Waals surface area contributed by atoms with Gasteiger partial charge in [-0.25, -0.2) is 0 Å². The zero-order valence-corrected chi connectivity index (χ0v) is 11.8. The minimum atomic E-state index is -0.498. The second-order valence-electron chi connectivity index (χ2n) is 4.60. The summed E-state index contributed by atoms with van der Waals surface area (Å²) >= 11 is 5.90. The van der Waals surface area contributed by atoms with Gasteiger partial charge in [0.25, 0.3) is 0 Å². The zero-order valence-electron chi connectivity index (χ0n) is 11.0. The average Bonchev–Trinajstić information content (AvgIpc) is 2.31. The number of nitrogens with one attached hydrogen (secondary N) is 1. The quantitative estimate of drug-likeness (QED) is 0.739. The standard InChI is InChI=1S/C14H21ClN2O/c1-3-4-5-6-10(2)17-11-7-8-13(15)12(9-11)14(16)18/h7-10,17H,3-6H2,1-2H3,(H2,16,18). The van der Waals surface area contributed by atoms with Crippen molar-refractivity contribution in [3.05, 3.63) is 28.8 Å². The summed E-state index contributed by atoms with van der Waals surface area (Å²) in [4.78, 5) is 11.2. The normalized spacial score (nSPS) is 12.2. The Morgan fingerprint density at radius 1 is 1.44 bits per heavy atom. The van der Waals surface area contributed by atoms with Gasteiger partial charge in [0, 0.05) is 11.7 Å². The van der Waals surface area contributed by atoms with E-state index >= 15 is 0 Å².